The molecule has 0 aromatic carbocycles. The molecule has 0 heterocycles. The number of nitrogens with zero attached hydrogens (tertiary/aromatic N) is 1. The minimum absolute atomic E-state index is 0.296. The first-order chi connectivity index (χ1) is 9.51. The van der Waals surface area contributed by atoms with E-state index < -0.39 is 12.4 Å². The van der Waals surface area contributed by atoms with Crippen molar-refractivity contribution >= 4 is 18.2 Å². The molecule has 0 amide bonds. The van der Waals surface area contributed by atoms with E-state index in [0.29, 0.717) is 38.4 Å². The fourth-order valence-electron chi connectivity index (χ4n) is 1.49. The Balaban J connectivity index is 4.89. The van der Waals surface area contributed by atoms with Crippen LogP contribution in [0.2, 0.25) is 0 Å². The van der Waals surface area contributed by atoms with E-state index in [1.54, 1.807) is 6.92 Å². The van der Waals surface area contributed by atoms with Crippen LogP contribution in [0.1, 0.15) is 47.0 Å². The standard InChI is InChI=1S/C13H26NO4PS/c1-5-11-20-19(15,17-8-4)18-13(6-2,12-14)9-10-16-7-3/h5-11H2,1-4H3. The van der Waals surface area contributed by atoms with Crippen LogP contribution in [0.15, 0.2) is 0 Å². The third-order valence-electron chi connectivity index (χ3n) is 2.66. The highest BCUT2D eigenvalue weighted by Crippen LogP contribution is 2.63. The van der Waals surface area contributed by atoms with Crippen LogP contribution in [0, 0.1) is 11.3 Å². The van der Waals surface area contributed by atoms with Gasteiger partial charge in [-0.2, -0.15) is 5.26 Å². The number of hydrogen-bond acceptors (Lipinski definition) is 6. The summed E-state index contributed by atoms with van der Waals surface area (Å²) in [6.45, 7) is 5.48. The Kier molecular flexibility index (Phi) is 10.6. The molecular weight excluding hydrogens is 297 g/mol. The summed E-state index contributed by atoms with van der Waals surface area (Å²) in [6, 6.07) is 2.15. The molecule has 0 saturated heterocycles. The van der Waals surface area contributed by atoms with Crippen LogP contribution in [0.25, 0.3) is 0 Å². The zero-order chi connectivity index (χ0) is 15.5. The number of rotatable bonds is 12. The first kappa shape index (κ1) is 19.9. The van der Waals surface area contributed by atoms with Crippen LogP contribution >= 0.6 is 18.2 Å². The van der Waals surface area contributed by atoms with E-state index in [1.165, 1.54) is 0 Å². The van der Waals surface area contributed by atoms with Gasteiger partial charge in [0, 0.05) is 18.8 Å². The maximum absolute atomic E-state index is 12.7. The second-order valence-corrected chi connectivity index (χ2v) is 8.31. The fraction of sp³-hybridized carbons (Fsp3) is 0.923. The van der Waals surface area contributed by atoms with Crippen molar-refractivity contribution in [3.05, 3.63) is 0 Å². The van der Waals surface area contributed by atoms with Crippen molar-refractivity contribution in [2.75, 3.05) is 25.6 Å². The van der Waals surface area contributed by atoms with Crippen molar-refractivity contribution < 1.29 is 18.3 Å². The van der Waals surface area contributed by atoms with E-state index in [4.69, 9.17) is 13.8 Å². The lowest BCUT2D eigenvalue weighted by atomic mass is 9.99. The Hall–Kier alpha value is -0.0500. The lowest BCUT2D eigenvalue weighted by Gasteiger charge is -2.29. The molecule has 0 radical (unpaired) electrons. The number of hydrogen-bond donors (Lipinski definition) is 0. The Bertz CT molecular complexity index is 348. The van der Waals surface area contributed by atoms with Gasteiger partial charge in [0.25, 0.3) is 0 Å². The smallest absolute Gasteiger partial charge is 0.382 e. The highest BCUT2D eigenvalue weighted by molar-refractivity contribution is 8.55. The summed E-state index contributed by atoms with van der Waals surface area (Å²) in [4.78, 5) is 0. The summed E-state index contributed by atoms with van der Waals surface area (Å²) < 4.78 is 28.9. The Morgan fingerprint density at radius 2 is 1.95 bits per heavy atom. The van der Waals surface area contributed by atoms with Crippen LogP contribution in [0.4, 0.5) is 0 Å². The predicted octanol–water partition coefficient (Wildman–Crippen LogP) is 4.39. The van der Waals surface area contributed by atoms with Crippen LogP contribution < -0.4 is 0 Å². The fourth-order valence-corrected chi connectivity index (χ4v) is 5.43. The van der Waals surface area contributed by atoms with Crippen molar-refractivity contribution in [3.8, 4) is 6.07 Å². The molecule has 0 aliphatic carbocycles. The predicted molar refractivity (Wildman–Crippen MR) is 82.8 cm³/mol. The van der Waals surface area contributed by atoms with Gasteiger partial charge in [-0.15, -0.1) is 0 Å². The summed E-state index contributed by atoms with van der Waals surface area (Å²) in [5, 5.41) is 9.42. The van der Waals surface area contributed by atoms with E-state index in [1.807, 2.05) is 20.8 Å². The molecule has 118 valence electrons. The molecule has 0 bridgehead atoms. The zero-order valence-corrected chi connectivity index (χ0v) is 14.6. The van der Waals surface area contributed by atoms with Crippen molar-refractivity contribution in [1.82, 2.24) is 0 Å². The van der Waals surface area contributed by atoms with Crippen molar-refractivity contribution in [2.24, 2.45) is 0 Å². The molecule has 0 aliphatic rings. The maximum Gasteiger partial charge on any atom is 0.390 e. The lowest BCUT2D eigenvalue weighted by molar-refractivity contribution is 0.0509. The van der Waals surface area contributed by atoms with E-state index in [0.717, 1.165) is 17.8 Å². The van der Waals surface area contributed by atoms with Crippen LogP contribution in [0.5, 0.6) is 0 Å². The minimum atomic E-state index is -3.30. The Labute approximate surface area is 126 Å². The van der Waals surface area contributed by atoms with Crippen LogP contribution in [-0.2, 0) is 18.3 Å². The molecule has 0 fully saturated rings. The zero-order valence-electron chi connectivity index (χ0n) is 12.9. The third kappa shape index (κ3) is 7.10. The van der Waals surface area contributed by atoms with E-state index >= 15 is 0 Å². The van der Waals surface area contributed by atoms with Gasteiger partial charge in [0.1, 0.15) is 0 Å². The molecule has 5 nitrogen and oxygen atoms in total. The van der Waals surface area contributed by atoms with Gasteiger partial charge < -0.3 is 9.26 Å². The molecule has 0 aromatic rings. The van der Waals surface area contributed by atoms with Gasteiger partial charge in [0.05, 0.1) is 19.3 Å². The minimum Gasteiger partial charge on any atom is -0.382 e. The van der Waals surface area contributed by atoms with Gasteiger partial charge in [-0.25, -0.2) is 4.57 Å². The second-order valence-electron chi connectivity index (χ2n) is 4.20. The van der Waals surface area contributed by atoms with E-state index in [-0.39, 0.29) is 0 Å². The highest BCUT2D eigenvalue weighted by atomic mass is 32.7. The summed E-state index contributed by atoms with van der Waals surface area (Å²) >= 11 is 1.16. The van der Waals surface area contributed by atoms with E-state index in [9.17, 15) is 9.83 Å². The molecule has 0 spiro atoms. The first-order valence-electron chi connectivity index (χ1n) is 7.10. The van der Waals surface area contributed by atoms with Crippen LogP contribution in [-0.4, -0.2) is 31.2 Å². The molecule has 2 unspecified atom stereocenters. The second kappa shape index (κ2) is 10.6. The average Bonchev–Trinajstić information content (AvgIpc) is 2.45. The quantitative estimate of drug-likeness (QED) is 0.392. The lowest BCUT2D eigenvalue weighted by Crippen LogP contribution is -2.30. The van der Waals surface area contributed by atoms with Crippen molar-refractivity contribution in [2.45, 2.75) is 52.6 Å². The summed E-state index contributed by atoms with van der Waals surface area (Å²) in [5.41, 5.74) is -1.11. The summed E-state index contributed by atoms with van der Waals surface area (Å²) in [7, 11) is 0. The molecule has 0 aliphatic heterocycles. The van der Waals surface area contributed by atoms with Gasteiger partial charge in [-0.3, -0.25) is 4.52 Å². The summed E-state index contributed by atoms with van der Waals surface area (Å²) in [5.74, 6) is 0.675. The molecule has 0 N–H and O–H groups in total. The highest BCUT2D eigenvalue weighted by Gasteiger charge is 2.39. The Morgan fingerprint density at radius 3 is 2.40 bits per heavy atom. The average molecular weight is 323 g/mol. The molecular formula is C13H26NO4PS. The molecule has 2 atom stereocenters. The van der Waals surface area contributed by atoms with Crippen LogP contribution in [0.3, 0.4) is 0 Å². The molecule has 0 rings (SSSR count). The van der Waals surface area contributed by atoms with Gasteiger partial charge in [-0.1, -0.05) is 13.8 Å². The summed E-state index contributed by atoms with van der Waals surface area (Å²) in [6.07, 6.45) is 1.70. The third-order valence-corrected chi connectivity index (χ3v) is 6.75. The van der Waals surface area contributed by atoms with Crippen molar-refractivity contribution in [1.29, 1.82) is 5.26 Å². The van der Waals surface area contributed by atoms with Gasteiger partial charge in [0.15, 0.2) is 5.60 Å². The topological polar surface area (TPSA) is 68.5 Å². The SMILES string of the molecule is CCCSP(=O)(OCC)OC(C#N)(CC)CCOCC. The van der Waals surface area contributed by atoms with Crippen molar-refractivity contribution in [3.63, 3.8) is 0 Å². The number of ether oxygens (including phenoxy) is 1. The van der Waals surface area contributed by atoms with Gasteiger partial charge in [0.2, 0.25) is 0 Å². The normalized spacial score (nSPS) is 17.1. The molecule has 0 saturated carbocycles. The van der Waals surface area contributed by atoms with Gasteiger partial charge in [-0.05, 0) is 38.1 Å². The maximum atomic E-state index is 12.7. The number of nitriles is 1. The monoisotopic (exact) mass is 323 g/mol. The largest absolute Gasteiger partial charge is 0.390 e. The molecule has 20 heavy (non-hydrogen) atoms. The van der Waals surface area contributed by atoms with E-state index in [2.05, 4.69) is 6.07 Å². The molecule has 7 heteroatoms. The van der Waals surface area contributed by atoms with Gasteiger partial charge >= 0.3 is 6.80 Å². The first-order valence-corrected chi connectivity index (χ1v) is 10.2. The molecule has 0 aromatic heterocycles. The Morgan fingerprint density at radius 1 is 1.25 bits per heavy atom.